The number of hydrogen-bond acceptors (Lipinski definition) is 8. The number of esters is 1. The van der Waals surface area contributed by atoms with E-state index in [9.17, 15) is 14.0 Å². The van der Waals surface area contributed by atoms with Crippen molar-refractivity contribution in [3.05, 3.63) is 102 Å². The van der Waals surface area contributed by atoms with Crippen molar-refractivity contribution in [1.82, 2.24) is 0 Å². The largest absolute Gasteiger partial charge is 0.423 e. The topological polar surface area (TPSA) is 128 Å². The number of halogens is 1. The van der Waals surface area contributed by atoms with Crippen molar-refractivity contribution in [2.45, 2.75) is 51.9 Å². The highest BCUT2D eigenvalue weighted by molar-refractivity contribution is 5.89. The molecule has 0 unspecified atom stereocenters. The number of aryl methyl sites for hydroxylation is 1. The Bertz CT molecular complexity index is 1280. The molecule has 8 nitrogen and oxygen atoms in total. The number of carbonyl (C=O) groups excluding carboxylic acids is 2. The molecular formula is C32H38FNO7. The number of hydrogen-bond donors (Lipinski definition) is 3. The summed E-state index contributed by atoms with van der Waals surface area (Å²) in [6, 6.07) is 9.48. The molecule has 0 bridgehead atoms. The Balaban J connectivity index is 2.16. The van der Waals surface area contributed by atoms with Crippen LogP contribution in [0.15, 0.2) is 79.1 Å². The zero-order valence-electron chi connectivity index (χ0n) is 23.4. The third kappa shape index (κ3) is 11.1. The lowest BCUT2D eigenvalue weighted by Crippen LogP contribution is -2.14. The average Bonchev–Trinajstić information content (AvgIpc) is 2.97. The SMILES string of the molecule is C=C(CO)C(=O)OOc1cc(C/C=C\C(=C/N)c2ccc(CCCCCCC)c(F)c2)cc(OC(=O)C(=C)CO)c1. The molecule has 0 aliphatic carbocycles. The number of benzene rings is 2. The molecular weight excluding hydrogens is 529 g/mol. The summed E-state index contributed by atoms with van der Waals surface area (Å²) in [5, 5.41) is 18.2. The molecule has 0 saturated carbocycles. The van der Waals surface area contributed by atoms with Crippen LogP contribution >= 0.6 is 0 Å². The van der Waals surface area contributed by atoms with Gasteiger partial charge in [0.25, 0.3) is 0 Å². The molecule has 0 aliphatic rings. The minimum absolute atomic E-state index is 0.0225. The quantitative estimate of drug-likeness (QED) is 0.0448. The average molecular weight is 568 g/mol. The second-order valence-corrected chi connectivity index (χ2v) is 9.38. The van der Waals surface area contributed by atoms with Gasteiger partial charge in [0.15, 0.2) is 5.75 Å². The van der Waals surface area contributed by atoms with Gasteiger partial charge in [0, 0.05) is 12.3 Å². The number of carbonyl (C=O) groups is 2. The second-order valence-electron chi connectivity index (χ2n) is 9.38. The van der Waals surface area contributed by atoms with Gasteiger partial charge in [-0.15, -0.1) is 0 Å². The van der Waals surface area contributed by atoms with E-state index in [0.29, 0.717) is 35.1 Å². The van der Waals surface area contributed by atoms with Crippen LogP contribution in [0.2, 0.25) is 0 Å². The van der Waals surface area contributed by atoms with Gasteiger partial charge in [-0.2, -0.15) is 0 Å². The van der Waals surface area contributed by atoms with Crippen LogP contribution in [0.1, 0.15) is 55.7 Å². The van der Waals surface area contributed by atoms with E-state index in [1.54, 1.807) is 30.4 Å². The fraction of sp³-hybridized carbons (Fsp3) is 0.312. The Kier molecular flexibility index (Phi) is 14.1. The highest BCUT2D eigenvalue weighted by Gasteiger charge is 2.14. The molecule has 9 heteroatoms. The van der Waals surface area contributed by atoms with Crippen molar-refractivity contribution in [3.63, 3.8) is 0 Å². The van der Waals surface area contributed by atoms with Crippen molar-refractivity contribution < 1.29 is 38.7 Å². The second kappa shape index (κ2) is 17.5. The van der Waals surface area contributed by atoms with Crippen LogP contribution < -0.4 is 15.4 Å². The Morgan fingerprint density at radius 3 is 2.29 bits per heavy atom. The Labute approximate surface area is 240 Å². The number of nitrogens with two attached hydrogens (primary N) is 1. The van der Waals surface area contributed by atoms with Crippen molar-refractivity contribution in [2.75, 3.05) is 13.2 Å². The van der Waals surface area contributed by atoms with Gasteiger partial charge in [0.05, 0.1) is 24.4 Å². The first-order valence-electron chi connectivity index (χ1n) is 13.4. The normalized spacial score (nSPS) is 11.4. The predicted octanol–water partition coefficient (Wildman–Crippen LogP) is 5.28. The summed E-state index contributed by atoms with van der Waals surface area (Å²) in [7, 11) is 0. The molecule has 0 aliphatic heterocycles. The van der Waals surface area contributed by atoms with Crippen LogP contribution in [0, 0.1) is 5.82 Å². The van der Waals surface area contributed by atoms with Crippen molar-refractivity contribution >= 4 is 17.5 Å². The van der Waals surface area contributed by atoms with Crippen LogP contribution in [-0.4, -0.2) is 35.4 Å². The lowest BCUT2D eigenvalue weighted by atomic mass is 10.00. The van der Waals surface area contributed by atoms with Crippen LogP contribution in [0.25, 0.3) is 5.57 Å². The van der Waals surface area contributed by atoms with Gasteiger partial charge in [-0.05, 0) is 59.7 Å². The lowest BCUT2D eigenvalue weighted by Gasteiger charge is -2.10. The first-order valence-corrected chi connectivity index (χ1v) is 13.4. The maximum Gasteiger partial charge on any atom is 0.383 e. The maximum atomic E-state index is 14.8. The molecule has 2 rings (SSSR count). The summed E-state index contributed by atoms with van der Waals surface area (Å²) < 4.78 is 20.0. The Morgan fingerprint density at radius 2 is 1.63 bits per heavy atom. The third-order valence-electron chi connectivity index (χ3n) is 6.09. The van der Waals surface area contributed by atoms with Gasteiger partial charge in [-0.25, -0.2) is 18.9 Å². The smallest absolute Gasteiger partial charge is 0.383 e. The standard InChI is InChI=1S/C32H38FNO7/c1-4-5-6-7-8-11-25-13-14-26(17-30(25)33)27(19-34)12-9-10-24-15-28(39-31(37)22(2)20-35)18-29(16-24)40-41-32(38)23(3)21-36/h9,12-19,35-36H,2-8,10-11,20-21,34H2,1H3/b12-9-,27-19+. The molecule has 0 fully saturated rings. The van der Waals surface area contributed by atoms with E-state index in [0.717, 1.165) is 25.7 Å². The molecule has 2 aromatic rings. The summed E-state index contributed by atoms with van der Waals surface area (Å²) >= 11 is 0. The van der Waals surface area contributed by atoms with E-state index in [4.69, 9.17) is 25.6 Å². The number of aliphatic hydroxyl groups excluding tert-OH is 2. The Hall–Kier alpha value is -4.21. The third-order valence-corrected chi connectivity index (χ3v) is 6.09. The van der Waals surface area contributed by atoms with Crippen molar-refractivity contribution in [2.24, 2.45) is 5.73 Å². The fourth-order valence-electron chi connectivity index (χ4n) is 3.73. The van der Waals surface area contributed by atoms with E-state index >= 15 is 0 Å². The van der Waals surface area contributed by atoms with Crippen LogP contribution in [0.5, 0.6) is 11.5 Å². The molecule has 4 N–H and O–H groups in total. The molecule has 0 saturated heterocycles. The predicted molar refractivity (Wildman–Crippen MR) is 155 cm³/mol. The molecule has 41 heavy (non-hydrogen) atoms. The van der Waals surface area contributed by atoms with E-state index in [1.807, 2.05) is 6.07 Å². The van der Waals surface area contributed by atoms with E-state index in [-0.39, 0.29) is 28.5 Å². The van der Waals surface area contributed by atoms with Crippen LogP contribution in [0.4, 0.5) is 4.39 Å². The summed E-state index contributed by atoms with van der Waals surface area (Å²) in [4.78, 5) is 33.6. The molecule has 0 radical (unpaired) electrons. The van der Waals surface area contributed by atoms with Crippen molar-refractivity contribution in [3.8, 4) is 11.5 Å². The summed E-state index contributed by atoms with van der Waals surface area (Å²) in [5.41, 5.74) is 7.96. The molecule has 0 aromatic heterocycles. The highest BCUT2D eigenvalue weighted by Crippen LogP contribution is 2.26. The summed E-state index contributed by atoms with van der Waals surface area (Å²) in [6.07, 6.45) is 11.4. The van der Waals surface area contributed by atoms with Crippen LogP contribution in [-0.2, 0) is 27.3 Å². The molecule has 0 heterocycles. The molecule has 220 valence electrons. The first kappa shape index (κ1) is 33.0. The summed E-state index contributed by atoms with van der Waals surface area (Å²) in [5.74, 6) is -2.03. The number of rotatable bonds is 17. The van der Waals surface area contributed by atoms with E-state index in [1.165, 1.54) is 24.8 Å². The fourth-order valence-corrected chi connectivity index (χ4v) is 3.73. The highest BCUT2D eigenvalue weighted by atomic mass is 19.1. The summed E-state index contributed by atoms with van der Waals surface area (Å²) in [6.45, 7) is 7.75. The van der Waals surface area contributed by atoms with Crippen molar-refractivity contribution in [1.29, 1.82) is 0 Å². The number of aliphatic hydroxyl groups is 2. The zero-order chi connectivity index (χ0) is 30.2. The number of allylic oxidation sites excluding steroid dienone is 3. The van der Waals surface area contributed by atoms with Gasteiger partial charge in [-0.1, -0.05) is 70.0 Å². The van der Waals surface area contributed by atoms with E-state index in [2.05, 4.69) is 25.0 Å². The van der Waals surface area contributed by atoms with Gasteiger partial charge in [0.2, 0.25) is 0 Å². The first-order chi connectivity index (χ1) is 19.7. The minimum Gasteiger partial charge on any atom is -0.423 e. The Morgan fingerprint density at radius 1 is 0.951 bits per heavy atom. The zero-order valence-corrected chi connectivity index (χ0v) is 23.4. The van der Waals surface area contributed by atoms with Crippen LogP contribution in [0.3, 0.4) is 0 Å². The minimum atomic E-state index is -0.975. The van der Waals surface area contributed by atoms with Gasteiger partial charge >= 0.3 is 11.9 Å². The van der Waals surface area contributed by atoms with Gasteiger partial charge in [0.1, 0.15) is 11.6 Å². The van der Waals surface area contributed by atoms with E-state index < -0.39 is 25.2 Å². The number of unbranched alkanes of at least 4 members (excludes halogenated alkanes) is 4. The van der Waals surface area contributed by atoms with Gasteiger partial charge in [-0.3, -0.25) is 4.89 Å². The molecule has 0 amide bonds. The molecule has 0 spiro atoms. The number of ether oxygens (including phenoxy) is 1. The lowest BCUT2D eigenvalue weighted by molar-refractivity contribution is -0.209. The molecule has 0 atom stereocenters. The monoisotopic (exact) mass is 567 g/mol. The maximum absolute atomic E-state index is 14.8. The molecule has 2 aromatic carbocycles. The van der Waals surface area contributed by atoms with Gasteiger partial charge < -0.3 is 20.7 Å².